The molecular formula is C25H22FN3O3. The van der Waals surface area contributed by atoms with Crippen molar-refractivity contribution in [1.82, 2.24) is 5.32 Å². The quantitative estimate of drug-likeness (QED) is 0.631. The van der Waals surface area contributed by atoms with E-state index in [1.54, 1.807) is 18.0 Å². The molecule has 2 atom stereocenters. The maximum atomic E-state index is 13.2. The predicted octanol–water partition coefficient (Wildman–Crippen LogP) is 2.80. The second-order valence-corrected chi connectivity index (χ2v) is 7.54. The molecule has 3 aromatic rings. The summed E-state index contributed by atoms with van der Waals surface area (Å²) < 4.78 is 20.1. The maximum Gasteiger partial charge on any atom is 0.252 e. The maximum absolute atomic E-state index is 13.2. The number of benzene rings is 3. The average Bonchev–Trinajstić information content (AvgIpc) is 3.09. The summed E-state index contributed by atoms with van der Waals surface area (Å²) in [6, 6.07) is 18.8. The molecule has 0 bridgehead atoms. The molecule has 4 rings (SSSR count). The van der Waals surface area contributed by atoms with E-state index in [4.69, 9.17) is 4.74 Å². The van der Waals surface area contributed by atoms with Crippen molar-refractivity contribution in [1.29, 1.82) is 0 Å². The van der Waals surface area contributed by atoms with Crippen LogP contribution in [0.1, 0.15) is 33.1 Å². The van der Waals surface area contributed by atoms with E-state index in [2.05, 4.69) is 10.4 Å². The molecule has 2 unspecified atom stereocenters. The summed E-state index contributed by atoms with van der Waals surface area (Å²) in [6.07, 6.45) is 1.75. The van der Waals surface area contributed by atoms with Crippen molar-refractivity contribution in [3.8, 4) is 5.75 Å². The number of methoxy groups -OCH3 is 1. The number of nitrogens with one attached hydrogen (secondary N) is 1. The molecule has 1 N–H and O–H groups in total. The Hall–Kier alpha value is -4.00. The lowest BCUT2D eigenvalue weighted by atomic mass is 9.98. The first-order chi connectivity index (χ1) is 15.4. The minimum Gasteiger partial charge on any atom is -0.856 e. The van der Waals surface area contributed by atoms with Crippen LogP contribution in [0, 0.1) is 12.7 Å². The van der Waals surface area contributed by atoms with Gasteiger partial charge in [-0.3, -0.25) is 4.79 Å². The highest BCUT2D eigenvalue weighted by Crippen LogP contribution is 2.27. The van der Waals surface area contributed by atoms with Gasteiger partial charge in [-0.05, 0) is 54.5 Å². The van der Waals surface area contributed by atoms with Gasteiger partial charge in [-0.15, -0.1) is 0 Å². The van der Waals surface area contributed by atoms with Gasteiger partial charge < -0.3 is 15.2 Å². The summed E-state index contributed by atoms with van der Waals surface area (Å²) in [5, 5.41) is 19.8. The van der Waals surface area contributed by atoms with E-state index in [-0.39, 0.29) is 5.56 Å². The van der Waals surface area contributed by atoms with E-state index in [0.717, 1.165) is 16.7 Å². The largest absolute Gasteiger partial charge is 0.856 e. The standard InChI is InChI=1S/C25H22FN3O3/c1-16-6-8-18(9-7-16)23-22(27-24(30)19-10-12-20(26)13-11-19)25(31)28-29(23)15-17-4-3-5-21(14-17)32-2/h3-15,22-23H,1-2H3,(H-,27,28,30,31). The first-order valence-corrected chi connectivity index (χ1v) is 10.1. The summed E-state index contributed by atoms with van der Waals surface area (Å²) in [4.78, 5) is 12.8. The number of hydrogen-bond donors (Lipinski definition) is 1. The van der Waals surface area contributed by atoms with E-state index in [9.17, 15) is 14.3 Å². The lowest BCUT2D eigenvalue weighted by Crippen LogP contribution is -2.47. The SMILES string of the molecule is COc1cccc(C=[N+]2N=C([O-])C(NC(=O)c3ccc(F)cc3)C2c2ccc(C)cc2)c1. The molecule has 0 radical (unpaired) electrons. The Balaban J connectivity index is 1.70. The van der Waals surface area contributed by atoms with E-state index in [1.807, 2.05) is 55.5 Å². The molecule has 7 heteroatoms. The van der Waals surface area contributed by atoms with E-state index in [0.29, 0.717) is 5.75 Å². The third-order valence-corrected chi connectivity index (χ3v) is 5.27. The van der Waals surface area contributed by atoms with E-state index >= 15 is 0 Å². The van der Waals surface area contributed by atoms with Gasteiger partial charge in [0.05, 0.1) is 13.0 Å². The molecule has 1 aliphatic heterocycles. The first kappa shape index (κ1) is 21.2. The normalized spacial score (nSPS) is 19.0. The summed E-state index contributed by atoms with van der Waals surface area (Å²) in [5.41, 5.74) is 2.96. The highest BCUT2D eigenvalue weighted by molar-refractivity contribution is 5.97. The van der Waals surface area contributed by atoms with Crippen LogP contribution < -0.4 is 15.2 Å². The molecule has 0 fully saturated rings. The Labute approximate surface area is 185 Å². The monoisotopic (exact) mass is 431 g/mol. The molecular weight excluding hydrogens is 409 g/mol. The molecule has 6 nitrogen and oxygen atoms in total. The zero-order chi connectivity index (χ0) is 22.7. The van der Waals surface area contributed by atoms with Crippen LogP contribution in [0.25, 0.3) is 0 Å². The van der Waals surface area contributed by atoms with Gasteiger partial charge in [-0.25, -0.2) is 4.39 Å². The van der Waals surface area contributed by atoms with Crippen molar-refractivity contribution in [3.63, 3.8) is 0 Å². The van der Waals surface area contributed by atoms with Crippen molar-refractivity contribution in [2.45, 2.75) is 19.0 Å². The predicted molar refractivity (Wildman–Crippen MR) is 117 cm³/mol. The van der Waals surface area contributed by atoms with Gasteiger partial charge in [-0.2, -0.15) is 0 Å². The molecule has 3 aromatic carbocycles. The van der Waals surface area contributed by atoms with Crippen molar-refractivity contribution >= 4 is 18.0 Å². The summed E-state index contributed by atoms with van der Waals surface area (Å²) in [6.45, 7) is 1.97. The Morgan fingerprint density at radius 1 is 1.12 bits per heavy atom. The fourth-order valence-corrected chi connectivity index (χ4v) is 3.59. The van der Waals surface area contributed by atoms with Crippen LogP contribution in [0.4, 0.5) is 4.39 Å². The average molecular weight is 431 g/mol. The van der Waals surface area contributed by atoms with Crippen LogP contribution in [0.15, 0.2) is 77.9 Å². The fourth-order valence-electron chi connectivity index (χ4n) is 3.59. The molecule has 162 valence electrons. The Bertz CT molecular complexity index is 1190. The smallest absolute Gasteiger partial charge is 0.252 e. The van der Waals surface area contributed by atoms with Gasteiger partial charge in [0.2, 0.25) is 12.3 Å². The van der Waals surface area contributed by atoms with Crippen molar-refractivity contribution in [2.75, 3.05) is 7.11 Å². The third-order valence-electron chi connectivity index (χ3n) is 5.27. The number of aryl methyl sites for hydroxylation is 1. The molecule has 0 spiro atoms. The van der Waals surface area contributed by atoms with Gasteiger partial charge in [-0.1, -0.05) is 40.6 Å². The Morgan fingerprint density at radius 3 is 2.53 bits per heavy atom. The minimum absolute atomic E-state index is 0.261. The lowest BCUT2D eigenvalue weighted by molar-refractivity contribution is -0.565. The molecule has 0 saturated heterocycles. The number of amides is 1. The lowest BCUT2D eigenvalue weighted by Gasteiger charge is -2.20. The Morgan fingerprint density at radius 2 is 1.84 bits per heavy atom. The van der Waals surface area contributed by atoms with Gasteiger partial charge in [0.1, 0.15) is 17.6 Å². The Kier molecular flexibility index (Phi) is 5.98. The number of ether oxygens (including phenoxy) is 1. The van der Waals surface area contributed by atoms with Gasteiger partial charge in [0, 0.05) is 16.7 Å². The minimum atomic E-state index is -0.905. The topological polar surface area (TPSA) is 76.8 Å². The van der Waals surface area contributed by atoms with Crippen LogP contribution in [-0.2, 0) is 0 Å². The second kappa shape index (κ2) is 9.01. The second-order valence-electron chi connectivity index (χ2n) is 7.54. The van der Waals surface area contributed by atoms with Crippen molar-refractivity contribution in [3.05, 3.63) is 101 Å². The van der Waals surface area contributed by atoms with Crippen LogP contribution in [-0.4, -0.2) is 35.9 Å². The molecule has 1 aliphatic rings. The number of carbonyl (C=O) groups is 1. The fraction of sp³-hybridized carbons (Fsp3) is 0.160. The first-order valence-electron chi connectivity index (χ1n) is 10.1. The molecule has 0 saturated carbocycles. The molecule has 1 heterocycles. The molecule has 32 heavy (non-hydrogen) atoms. The van der Waals surface area contributed by atoms with Gasteiger partial charge in [0.15, 0.2) is 0 Å². The van der Waals surface area contributed by atoms with Crippen LogP contribution in [0.5, 0.6) is 5.75 Å². The van der Waals surface area contributed by atoms with Crippen LogP contribution in [0.3, 0.4) is 0 Å². The number of halogens is 1. The van der Waals surface area contributed by atoms with Crippen molar-refractivity contribution < 1.29 is 23.7 Å². The van der Waals surface area contributed by atoms with Crippen LogP contribution in [0.2, 0.25) is 0 Å². The molecule has 0 aliphatic carbocycles. The number of hydrogen-bond acceptors (Lipinski definition) is 4. The van der Waals surface area contributed by atoms with Gasteiger partial charge >= 0.3 is 0 Å². The third kappa shape index (κ3) is 4.51. The van der Waals surface area contributed by atoms with Crippen LogP contribution >= 0.6 is 0 Å². The summed E-state index contributed by atoms with van der Waals surface area (Å²) >= 11 is 0. The number of carbonyl (C=O) groups excluding carboxylic acids is 1. The molecule has 0 aromatic heterocycles. The number of hydrazone groups is 1. The summed E-state index contributed by atoms with van der Waals surface area (Å²) in [5.74, 6) is -0.702. The van der Waals surface area contributed by atoms with Gasteiger partial charge in [0.25, 0.3) is 5.91 Å². The van der Waals surface area contributed by atoms with E-state index in [1.165, 1.54) is 24.3 Å². The van der Waals surface area contributed by atoms with Crippen molar-refractivity contribution in [2.24, 2.45) is 5.10 Å². The highest BCUT2D eigenvalue weighted by Gasteiger charge is 2.41. The van der Waals surface area contributed by atoms with E-state index < -0.39 is 29.7 Å². The summed E-state index contributed by atoms with van der Waals surface area (Å²) in [7, 11) is 1.58. The molecule has 1 amide bonds. The number of nitrogens with zero attached hydrogens (tertiary/aromatic N) is 2. The zero-order valence-electron chi connectivity index (χ0n) is 17.7. The highest BCUT2D eigenvalue weighted by atomic mass is 19.1. The zero-order valence-corrected chi connectivity index (χ0v) is 17.7. The number of rotatable bonds is 5.